The highest BCUT2D eigenvalue weighted by atomic mass is 35.5. The Labute approximate surface area is 117 Å². The van der Waals surface area contributed by atoms with E-state index in [0.29, 0.717) is 0 Å². The maximum atomic E-state index is 11.8. The van der Waals surface area contributed by atoms with Crippen molar-refractivity contribution in [2.45, 2.75) is 19.9 Å². The highest BCUT2D eigenvalue weighted by Crippen LogP contribution is 2.23. The van der Waals surface area contributed by atoms with Crippen LogP contribution >= 0.6 is 11.6 Å². The molecule has 0 saturated carbocycles. The van der Waals surface area contributed by atoms with E-state index in [1.807, 2.05) is 0 Å². The smallest absolute Gasteiger partial charge is 0.326 e. The summed E-state index contributed by atoms with van der Waals surface area (Å²) in [5, 5.41) is 9.37. The third kappa shape index (κ3) is 4.81. The van der Waals surface area contributed by atoms with Gasteiger partial charge in [-0.25, -0.2) is 8.42 Å². The van der Waals surface area contributed by atoms with Crippen molar-refractivity contribution < 1.29 is 18.3 Å². The summed E-state index contributed by atoms with van der Waals surface area (Å²) >= 11 is 5.90. The Bertz CT molecular complexity index is 557. The van der Waals surface area contributed by atoms with Crippen LogP contribution in [0.4, 0.5) is 0 Å². The van der Waals surface area contributed by atoms with Crippen LogP contribution in [0.2, 0.25) is 5.02 Å². The quantitative estimate of drug-likeness (QED) is 0.842. The van der Waals surface area contributed by atoms with E-state index in [4.69, 9.17) is 16.7 Å². The Balaban J connectivity index is 3.05. The fourth-order valence-corrected chi connectivity index (χ4v) is 3.43. The molecule has 0 aliphatic rings. The lowest BCUT2D eigenvalue weighted by Crippen LogP contribution is -2.36. The Morgan fingerprint density at radius 1 is 1.37 bits per heavy atom. The molecule has 1 rings (SSSR count). The van der Waals surface area contributed by atoms with Crippen LogP contribution in [-0.4, -0.2) is 25.2 Å². The monoisotopic (exact) mass is 305 g/mol. The number of halogens is 1. The van der Waals surface area contributed by atoms with Gasteiger partial charge in [0.15, 0.2) is 0 Å². The minimum atomic E-state index is -3.68. The number of aliphatic carboxylic acids is 1. The molecule has 19 heavy (non-hydrogen) atoms. The minimum Gasteiger partial charge on any atom is -0.480 e. The van der Waals surface area contributed by atoms with E-state index in [0.717, 1.165) is 0 Å². The second-order valence-corrected chi connectivity index (χ2v) is 6.79. The second kappa shape index (κ2) is 6.36. The van der Waals surface area contributed by atoms with Gasteiger partial charge < -0.3 is 5.11 Å². The van der Waals surface area contributed by atoms with Gasteiger partial charge in [0.05, 0.1) is 5.75 Å². The van der Waals surface area contributed by atoms with Gasteiger partial charge >= 0.3 is 5.97 Å². The summed E-state index contributed by atoms with van der Waals surface area (Å²) in [5.74, 6) is -1.53. The lowest BCUT2D eigenvalue weighted by Gasteiger charge is -2.17. The number of nitrogens with one attached hydrogen (secondary N) is 1. The number of rotatable bonds is 6. The number of hydrogen-bond acceptors (Lipinski definition) is 3. The first kappa shape index (κ1) is 15.9. The molecule has 0 spiro atoms. The zero-order chi connectivity index (χ0) is 14.6. The molecule has 0 bridgehead atoms. The van der Waals surface area contributed by atoms with Gasteiger partial charge in [-0.05, 0) is 17.5 Å². The molecule has 1 aromatic carbocycles. The molecule has 7 heteroatoms. The van der Waals surface area contributed by atoms with Crippen LogP contribution in [-0.2, 0) is 14.8 Å². The van der Waals surface area contributed by atoms with Crippen LogP contribution in [0.1, 0.15) is 25.5 Å². The number of carboxylic acids is 1. The minimum absolute atomic E-state index is 0.0989. The summed E-state index contributed by atoms with van der Waals surface area (Å²) in [4.78, 5) is 11.2. The summed E-state index contributed by atoms with van der Waals surface area (Å²) in [5.41, 5.74) is 0.226. The summed E-state index contributed by atoms with van der Waals surface area (Å²) in [6, 6.07) is 4.88. The number of carboxylic acid groups (broad SMARTS) is 1. The Morgan fingerprint density at radius 3 is 2.42 bits per heavy atom. The fourth-order valence-electron chi connectivity index (χ4n) is 1.62. The molecule has 1 atom stereocenters. The Morgan fingerprint density at radius 2 is 1.95 bits per heavy atom. The van der Waals surface area contributed by atoms with Crippen molar-refractivity contribution in [3.8, 4) is 0 Å². The normalized spacial score (nSPS) is 13.5. The number of sulfonamides is 1. The van der Waals surface area contributed by atoms with E-state index in [1.54, 1.807) is 26.0 Å². The molecule has 0 amide bonds. The van der Waals surface area contributed by atoms with Gasteiger partial charge in [-0.1, -0.05) is 43.6 Å². The first-order valence-electron chi connectivity index (χ1n) is 5.70. The average Bonchev–Trinajstić information content (AvgIpc) is 2.25. The van der Waals surface area contributed by atoms with E-state index in [-0.39, 0.29) is 22.3 Å². The predicted molar refractivity (Wildman–Crippen MR) is 73.6 cm³/mol. The molecule has 2 N–H and O–H groups in total. The Hall–Kier alpha value is -1.11. The first-order chi connectivity index (χ1) is 8.73. The van der Waals surface area contributed by atoms with Gasteiger partial charge in [-0.3, -0.25) is 4.79 Å². The van der Waals surface area contributed by atoms with Crippen molar-refractivity contribution in [3.05, 3.63) is 34.9 Å². The van der Waals surface area contributed by atoms with Crippen molar-refractivity contribution in [1.29, 1.82) is 0 Å². The topological polar surface area (TPSA) is 83.5 Å². The molecular formula is C12H16ClNO4S. The molecular weight excluding hydrogens is 290 g/mol. The van der Waals surface area contributed by atoms with Gasteiger partial charge in [-0.2, -0.15) is 4.72 Å². The lowest BCUT2D eigenvalue weighted by molar-refractivity contribution is -0.139. The van der Waals surface area contributed by atoms with Crippen molar-refractivity contribution >= 4 is 27.6 Å². The average molecular weight is 306 g/mol. The van der Waals surface area contributed by atoms with Gasteiger partial charge in [0.25, 0.3) is 0 Å². The SMILES string of the molecule is CC(C)CS(=O)(=O)N[C@@H](C(=O)O)c1ccccc1Cl. The number of benzene rings is 1. The molecule has 0 heterocycles. The highest BCUT2D eigenvalue weighted by molar-refractivity contribution is 7.89. The molecule has 0 unspecified atom stereocenters. The third-order valence-corrected chi connectivity index (χ3v) is 4.36. The number of carbonyl (C=O) groups is 1. The van der Waals surface area contributed by atoms with Crippen LogP contribution in [0.5, 0.6) is 0 Å². The van der Waals surface area contributed by atoms with E-state index < -0.39 is 22.0 Å². The first-order valence-corrected chi connectivity index (χ1v) is 7.73. The summed E-state index contributed by atoms with van der Waals surface area (Å²) in [6.45, 7) is 3.48. The molecule has 0 saturated heterocycles. The van der Waals surface area contributed by atoms with Gasteiger partial charge in [0.2, 0.25) is 10.0 Å². The summed E-state index contributed by atoms with van der Waals surface area (Å²) in [6.07, 6.45) is 0. The maximum absolute atomic E-state index is 11.8. The molecule has 0 aliphatic carbocycles. The fraction of sp³-hybridized carbons (Fsp3) is 0.417. The molecule has 106 valence electrons. The van der Waals surface area contributed by atoms with Gasteiger partial charge in [0, 0.05) is 5.02 Å². The largest absolute Gasteiger partial charge is 0.480 e. The van der Waals surface area contributed by atoms with Gasteiger partial charge in [-0.15, -0.1) is 0 Å². The van der Waals surface area contributed by atoms with Gasteiger partial charge in [0.1, 0.15) is 6.04 Å². The molecule has 0 radical (unpaired) electrons. The van der Waals surface area contributed by atoms with Crippen molar-refractivity contribution in [1.82, 2.24) is 4.72 Å². The van der Waals surface area contributed by atoms with E-state index in [2.05, 4.69) is 4.72 Å². The predicted octanol–water partition coefficient (Wildman–Crippen LogP) is 2.04. The van der Waals surface area contributed by atoms with Crippen LogP contribution < -0.4 is 4.72 Å². The zero-order valence-electron chi connectivity index (χ0n) is 10.6. The third-order valence-electron chi connectivity index (χ3n) is 2.31. The van der Waals surface area contributed by atoms with E-state index in [9.17, 15) is 13.2 Å². The molecule has 0 aromatic heterocycles. The molecule has 1 aromatic rings. The zero-order valence-corrected chi connectivity index (χ0v) is 12.2. The van der Waals surface area contributed by atoms with Crippen molar-refractivity contribution in [2.75, 3.05) is 5.75 Å². The summed E-state index contributed by atoms with van der Waals surface area (Å²) < 4.78 is 25.8. The lowest BCUT2D eigenvalue weighted by atomic mass is 10.1. The van der Waals surface area contributed by atoms with Crippen LogP contribution in [0.25, 0.3) is 0 Å². The second-order valence-electron chi connectivity index (χ2n) is 4.59. The molecule has 5 nitrogen and oxygen atoms in total. The van der Waals surface area contributed by atoms with E-state index >= 15 is 0 Å². The van der Waals surface area contributed by atoms with Crippen LogP contribution in [0.15, 0.2) is 24.3 Å². The van der Waals surface area contributed by atoms with Crippen LogP contribution in [0.3, 0.4) is 0 Å². The van der Waals surface area contributed by atoms with Crippen molar-refractivity contribution in [2.24, 2.45) is 5.92 Å². The highest BCUT2D eigenvalue weighted by Gasteiger charge is 2.27. The van der Waals surface area contributed by atoms with Crippen molar-refractivity contribution in [3.63, 3.8) is 0 Å². The maximum Gasteiger partial charge on any atom is 0.326 e. The Kier molecular flexibility index (Phi) is 5.34. The molecule has 0 fully saturated rings. The summed E-state index contributed by atoms with van der Waals surface area (Å²) in [7, 11) is -3.68. The standard InChI is InChI=1S/C12H16ClNO4S/c1-8(2)7-19(17,18)14-11(12(15)16)9-5-3-4-6-10(9)13/h3-6,8,11,14H,7H2,1-2H3,(H,15,16)/t11-/m1/s1. The number of hydrogen-bond donors (Lipinski definition) is 2. The molecule has 0 aliphatic heterocycles. The van der Waals surface area contributed by atoms with E-state index in [1.165, 1.54) is 12.1 Å². The van der Waals surface area contributed by atoms with Crippen LogP contribution in [0, 0.1) is 5.92 Å².